The first-order valence-corrected chi connectivity index (χ1v) is 9.61. The molecule has 1 saturated heterocycles. The van der Waals surface area contributed by atoms with Crippen LogP contribution in [0.15, 0.2) is 48.8 Å². The summed E-state index contributed by atoms with van der Waals surface area (Å²) < 4.78 is 15.3. The van der Waals surface area contributed by atoms with Crippen LogP contribution >= 0.6 is 11.3 Å². The number of benzene rings is 2. The van der Waals surface area contributed by atoms with Crippen LogP contribution < -0.4 is 4.90 Å². The van der Waals surface area contributed by atoms with E-state index in [0.29, 0.717) is 11.4 Å². The van der Waals surface area contributed by atoms with E-state index in [0.717, 1.165) is 42.7 Å². The van der Waals surface area contributed by atoms with Crippen molar-refractivity contribution in [3.05, 3.63) is 59.6 Å². The zero-order valence-corrected chi connectivity index (χ0v) is 14.9. The zero-order valence-electron chi connectivity index (χ0n) is 14.1. The number of halogens is 1. The third-order valence-corrected chi connectivity index (χ3v) is 6.25. The summed E-state index contributed by atoms with van der Waals surface area (Å²) in [5.74, 6) is 1.02. The SMILES string of the molecule is Fc1cccc2c(N3CCC(c4nc5ccccc5s4)CC3)ncnc12. The molecule has 2 aromatic carbocycles. The van der Waals surface area contributed by atoms with Gasteiger partial charge in [-0.3, -0.25) is 0 Å². The van der Waals surface area contributed by atoms with Crippen molar-refractivity contribution in [2.24, 2.45) is 0 Å². The Labute approximate surface area is 154 Å². The van der Waals surface area contributed by atoms with Crippen molar-refractivity contribution in [2.45, 2.75) is 18.8 Å². The summed E-state index contributed by atoms with van der Waals surface area (Å²) >= 11 is 1.80. The number of nitrogens with zero attached hydrogens (tertiary/aromatic N) is 4. The van der Waals surface area contributed by atoms with Crippen molar-refractivity contribution in [2.75, 3.05) is 18.0 Å². The predicted molar refractivity (Wildman–Crippen MR) is 103 cm³/mol. The molecule has 130 valence electrons. The molecule has 0 atom stereocenters. The molecule has 0 unspecified atom stereocenters. The van der Waals surface area contributed by atoms with Crippen LogP contribution in [0.1, 0.15) is 23.8 Å². The molecule has 4 nitrogen and oxygen atoms in total. The summed E-state index contributed by atoms with van der Waals surface area (Å²) in [6.07, 6.45) is 3.52. The van der Waals surface area contributed by atoms with E-state index in [1.807, 2.05) is 12.1 Å². The van der Waals surface area contributed by atoms with Gasteiger partial charge in [0.2, 0.25) is 0 Å². The van der Waals surface area contributed by atoms with Crippen molar-refractivity contribution in [1.29, 1.82) is 0 Å². The lowest BCUT2D eigenvalue weighted by molar-refractivity contribution is 0.502. The van der Waals surface area contributed by atoms with Crippen LogP contribution in [0.5, 0.6) is 0 Å². The smallest absolute Gasteiger partial charge is 0.149 e. The van der Waals surface area contributed by atoms with E-state index in [2.05, 4.69) is 33.1 Å². The minimum absolute atomic E-state index is 0.296. The molecule has 0 spiro atoms. The largest absolute Gasteiger partial charge is 0.356 e. The second-order valence-electron chi connectivity index (χ2n) is 6.61. The Hall–Kier alpha value is -2.60. The first kappa shape index (κ1) is 15.6. The quantitative estimate of drug-likeness (QED) is 0.514. The van der Waals surface area contributed by atoms with E-state index in [9.17, 15) is 4.39 Å². The average molecular weight is 364 g/mol. The average Bonchev–Trinajstić information content (AvgIpc) is 3.12. The van der Waals surface area contributed by atoms with Gasteiger partial charge in [0.15, 0.2) is 0 Å². The molecule has 0 aliphatic carbocycles. The zero-order chi connectivity index (χ0) is 17.5. The molecule has 5 rings (SSSR count). The molecule has 2 aromatic heterocycles. The fourth-order valence-corrected chi connectivity index (χ4v) is 4.83. The van der Waals surface area contributed by atoms with Crippen LogP contribution in [0.3, 0.4) is 0 Å². The van der Waals surface area contributed by atoms with E-state index < -0.39 is 0 Å². The Bertz CT molecular complexity index is 1050. The third-order valence-electron chi connectivity index (χ3n) is 5.05. The van der Waals surface area contributed by atoms with Gasteiger partial charge >= 0.3 is 0 Å². The molecular weight excluding hydrogens is 347 g/mol. The van der Waals surface area contributed by atoms with E-state index in [1.165, 1.54) is 22.1 Å². The van der Waals surface area contributed by atoms with Gasteiger partial charge in [0.25, 0.3) is 0 Å². The molecule has 4 aromatic rings. The van der Waals surface area contributed by atoms with Crippen molar-refractivity contribution in [1.82, 2.24) is 15.0 Å². The topological polar surface area (TPSA) is 41.9 Å². The van der Waals surface area contributed by atoms with Crippen LogP contribution in [0.25, 0.3) is 21.1 Å². The highest BCUT2D eigenvalue weighted by molar-refractivity contribution is 7.18. The first-order valence-electron chi connectivity index (χ1n) is 8.79. The normalized spacial score (nSPS) is 15.8. The van der Waals surface area contributed by atoms with Crippen molar-refractivity contribution in [3.63, 3.8) is 0 Å². The summed E-state index contributed by atoms with van der Waals surface area (Å²) in [5, 5.41) is 2.01. The van der Waals surface area contributed by atoms with Crippen LogP contribution in [-0.2, 0) is 0 Å². The molecule has 0 bridgehead atoms. The molecule has 1 fully saturated rings. The maximum atomic E-state index is 14.0. The standard InChI is InChI=1S/C20H17FN4S/c21-15-5-3-4-14-18(15)22-12-23-19(14)25-10-8-13(9-11-25)20-24-16-6-1-2-7-17(16)26-20/h1-7,12-13H,8-11H2. The van der Waals surface area contributed by atoms with Gasteiger partial charge in [-0.1, -0.05) is 18.2 Å². The molecule has 0 radical (unpaired) electrons. The lowest BCUT2D eigenvalue weighted by Gasteiger charge is -2.32. The second kappa shape index (κ2) is 6.29. The van der Waals surface area contributed by atoms with Gasteiger partial charge in [-0.15, -0.1) is 11.3 Å². The highest BCUT2D eigenvalue weighted by Crippen LogP contribution is 2.35. The van der Waals surface area contributed by atoms with E-state index in [4.69, 9.17) is 4.98 Å². The molecule has 3 heterocycles. The highest BCUT2D eigenvalue weighted by atomic mass is 32.1. The predicted octanol–water partition coefficient (Wildman–Crippen LogP) is 4.76. The first-order chi connectivity index (χ1) is 12.8. The number of fused-ring (bicyclic) bond motifs is 2. The maximum Gasteiger partial charge on any atom is 0.149 e. The van der Waals surface area contributed by atoms with Gasteiger partial charge in [-0.2, -0.15) is 0 Å². The number of rotatable bonds is 2. The summed E-state index contributed by atoms with van der Waals surface area (Å²) in [6.45, 7) is 1.78. The number of hydrogen-bond acceptors (Lipinski definition) is 5. The molecule has 0 N–H and O–H groups in total. The Kier molecular flexibility index (Phi) is 3.78. The summed E-state index contributed by atoms with van der Waals surface area (Å²) in [4.78, 5) is 15.6. The van der Waals surface area contributed by atoms with Crippen LogP contribution in [0.2, 0.25) is 0 Å². The van der Waals surface area contributed by atoms with E-state index >= 15 is 0 Å². The Morgan fingerprint density at radius 2 is 1.85 bits per heavy atom. The highest BCUT2D eigenvalue weighted by Gasteiger charge is 2.25. The Balaban J connectivity index is 1.40. The molecule has 0 saturated carbocycles. The number of piperidine rings is 1. The van der Waals surface area contributed by atoms with Gasteiger partial charge in [0.05, 0.1) is 15.2 Å². The molecule has 1 aliphatic heterocycles. The van der Waals surface area contributed by atoms with Gasteiger partial charge in [0, 0.05) is 24.4 Å². The van der Waals surface area contributed by atoms with Crippen molar-refractivity contribution in [3.8, 4) is 0 Å². The summed E-state index contributed by atoms with van der Waals surface area (Å²) in [5.41, 5.74) is 1.48. The van der Waals surface area contributed by atoms with Gasteiger partial charge in [0.1, 0.15) is 23.5 Å². The second-order valence-corrected chi connectivity index (χ2v) is 7.68. The van der Waals surface area contributed by atoms with Gasteiger partial charge < -0.3 is 4.90 Å². The number of hydrogen-bond donors (Lipinski definition) is 0. The third kappa shape index (κ3) is 2.61. The van der Waals surface area contributed by atoms with Crippen LogP contribution in [0.4, 0.5) is 10.2 Å². The Morgan fingerprint density at radius 3 is 2.69 bits per heavy atom. The number of anilines is 1. The number of para-hydroxylation sites is 2. The Morgan fingerprint density at radius 1 is 1.00 bits per heavy atom. The molecule has 0 amide bonds. The van der Waals surface area contributed by atoms with Crippen molar-refractivity contribution < 1.29 is 4.39 Å². The van der Waals surface area contributed by atoms with Gasteiger partial charge in [-0.25, -0.2) is 19.3 Å². The monoisotopic (exact) mass is 364 g/mol. The number of thiazole rings is 1. The molecule has 26 heavy (non-hydrogen) atoms. The number of aromatic nitrogens is 3. The van der Waals surface area contributed by atoms with Crippen LogP contribution in [0, 0.1) is 5.82 Å². The fourth-order valence-electron chi connectivity index (χ4n) is 3.69. The van der Waals surface area contributed by atoms with E-state index in [1.54, 1.807) is 17.4 Å². The minimum atomic E-state index is -0.296. The lowest BCUT2D eigenvalue weighted by Crippen LogP contribution is -2.33. The van der Waals surface area contributed by atoms with Gasteiger partial charge in [-0.05, 0) is 37.1 Å². The summed E-state index contributed by atoms with van der Waals surface area (Å²) in [6, 6.07) is 13.4. The lowest BCUT2D eigenvalue weighted by atomic mass is 9.97. The fraction of sp³-hybridized carbons (Fsp3) is 0.250. The van der Waals surface area contributed by atoms with Crippen molar-refractivity contribution >= 4 is 38.3 Å². The minimum Gasteiger partial charge on any atom is -0.356 e. The molecular formula is C20H17FN4S. The molecule has 6 heteroatoms. The molecule has 1 aliphatic rings. The maximum absolute atomic E-state index is 14.0. The van der Waals surface area contributed by atoms with Crippen LogP contribution in [-0.4, -0.2) is 28.0 Å². The van der Waals surface area contributed by atoms with E-state index in [-0.39, 0.29) is 5.82 Å². The summed E-state index contributed by atoms with van der Waals surface area (Å²) in [7, 11) is 0.